The number of nitro benzene ring substituents is 1. The molecular formula is C16H15FN2O3. The number of halogens is 1. The first-order chi connectivity index (χ1) is 10.5. The second kappa shape index (κ2) is 6.80. The molecule has 22 heavy (non-hydrogen) atoms. The molecule has 0 spiro atoms. The van der Waals surface area contributed by atoms with Crippen LogP contribution in [-0.4, -0.2) is 17.4 Å². The molecule has 5 nitrogen and oxygen atoms in total. The Balaban J connectivity index is 2.23. The molecule has 2 aromatic carbocycles. The van der Waals surface area contributed by atoms with Crippen LogP contribution >= 0.6 is 0 Å². The lowest BCUT2D eigenvalue weighted by molar-refractivity contribution is -0.385. The van der Waals surface area contributed by atoms with Crippen molar-refractivity contribution in [2.24, 2.45) is 0 Å². The average Bonchev–Trinajstić information content (AvgIpc) is 2.50. The van der Waals surface area contributed by atoms with Crippen LogP contribution in [0.3, 0.4) is 0 Å². The summed E-state index contributed by atoms with van der Waals surface area (Å²) in [6.45, 7) is 2.19. The van der Waals surface area contributed by atoms with E-state index in [4.69, 9.17) is 0 Å². The monoisotopic (exact) mass is 302 g/mol. The van der Waals surface area contributed by atoms with Crippen LogP contribution in [0.1, 0.15) is 12.5 Å². The molecule has 1 amide bonds. The smallest absolute Gasteiger partial charge is 0.273 e. The van der Waals surface area contributed by atoms with Gasteiger partial charge in [0.2, 0.25) is 5.91 Å². The lowest BCUT2D eigenvalue weighted by Gasteiger charge is -2.21. The topological polar surface area (TPSA) is 63.5 Å². The van der Waals surface area contributed by atoms with Crippen LogP contribution < -0.4 is 4.90 Å². The molecule has 0 saturated heterocycles. The Morgan fingerprint density at radius 2 is 1.82 bits per heavy atom. The summed E-state index contributed by atoms with van der Waals surface area (Å²) in [4.78, 5) is 24.4. The summed E-state index contributed by atoms with van der Waals surface area (Å²) >= 11 is 0. The van der Waals surface area contributed by atoms with Gasteiger partial charge in [0, 0.05) is 23.9 Å². The van der Waals surface area contributed by atoms with E-state index < -0.39 is 4.92 Å². The molecule has 0 aromatic heterocycles. The molecule has 2 rings (SSSR count). The second-order valence-corrected chi connectivity index (χ2v) is 4.68. The van der Waals surface area contributed by atoms with E-state index in [9.17, 15) is 19.3 Å². The second-order valence-electron chi connectivity index (χ2n) is 4.68. The van der Waals surface area contributed by atoms with Crippen molar-refractivity contribution in [1.29, 1.82) is 0 Å². The number of likely N-dealkylation sites (N-methyl/N-ethyl adjacent to an activating group) is 1. The van der Waals surface area contributed by atoms with Gasteiger partial charge in [0.15, 0.2) is 0 Å². The third kappa shape index (κ3) is 3.46. The molecule has 0 radical (unpaired) electrons. The third-order valence-electron chi connectivity index (χ3n) is 3.29. The Morgan fingerprint density at radius 1 is 1.18 bits per heavy atom. The summed E-state index contributed by atoms with van der Waals surface area (Å²) in [6.07, 6.45) is -0.0810. The molecule has 0 aliphatic rings. The van der Waals surface area contributed by atoms with E-state index in [0.29, 0.717) is 17.8 Å². The zero-order valence-electron chi connectivity index (χ0n) is 12.0. The van der Waals surface area contributed by atoms with Crippen molar-refractivity contribution in [3.63, 3.8) is 0 Å². The summed E-state index contributed by atoms with van der Waals surface area (Å²) in [6, 6.07) is 11.7. The van der Waals surface area contributed by atoms with E-state index in [-0.39, 0.29) is 23.8 Å². The number of nitro groups is 1. The van der Waals surface area contributed by atoms with Gasteiger partial charge in [-0.2, -0.15) is 0 Å². The zero-order valence-corrected chi connectivity index (χ0v) is 12.0. The molecule has 0 N–H and O–H groups in total. The maximum Gasteiger partial charge on any atom is 0.273 e. The largest absolute Gasteiger partial charge is 0.312 e. The molecule has 0 unspecified atom stereocenters. The predicted molar refractivity (Wildman–Crippen MR) is 81.2 cm³/mol. The first-order valence-corrected chi connectivity index (χ1v) is 6.81. The number of para-hydroxylation sites is 1. The van der Waals surface area contributed by atoms with Gasteiger partial charge in [0.1, 0.15) is 5.82 Å². The quantitative estimate of drug-likeness (QED) is 0.628. The molecule has 0 aliphatic heterocycles. The Hall–Kier alpha value is -2.76. The van der Waals surface area contributed by atoms with Crippen molar-refractivity contribution in [1.82, 2.24) is 0 Å². The first kappa shape index (κ1) is 15.6. The van der Waals surface area contributed by atoms with Gasteiger partial charge in [0.05, 0.1) is 11.3 Å². The van der Waals surface area contributed by atoms with E-state index in [0.717, 1.165) is 0 Å². The van der Waals surface area contributed by atoms with Crippen molar-refractivity contribution in [3.05, 3.63) is 70.0 Å². The van der Waals surface area contributed by atoms with Gasteiger partial charge < -0.3 is 4.90 Å². The van der Waals surface area contributed by atoms with E-state index in [2.05, 4.69) is 0 Å². The molecule has 6 heteroatoms. The number of carbonyl (C=O) groups is 1. The molecule has 0 aliphatic carbocycles. The van der Waals surface area contributed by atoms with Crippen LogP contribution in [0.25, 0.3) is 0 Å². The van der Waals surface area contributed by atoms with Crippen LogP contribution in [-0.2, 0) is 11.2 Å². The molecule has 0 saturated carbocycles. The van der Waals surface area contributed by atoms with Crippen molar-refractivity contribution >= 4 is 17.3 Å². The average molecular weight is 302 g/mol. The van der Waals surface area contributed by atoms with Crippen LogP contribution in [0.5, 0.6) is 0 Å². The van der Waals surface area contributed by atoms with Gasteiger partial charge >= 0.3 is 0 Å². The number of amides is 1. The Labute approximate surface area is 127 Å². The summed E-state index contributed by atoms with van der Waals surface area (Å²) in [5, 5.41) is 11.0. The predicted octanol–water partition coefficient (Wildman–Crippen LogP) is 3.33. The van der Waals surface area contributed by atoms with Gasteiger partial charge in [-0.3, -0.25) is 14.9 Å². The number of nitrogens with zero attached hydrogens (tertiary/aromatic N) is 2. The van der Waals surface area contributed by atoms with E-state index in [1.54, 1.807) is 25.1 Å². The fourth-order valence-corrected chi connectivity index (χ4v) is 2.22. The number of hydrogen-bond acceptors (Lipinski definition) is 3. The highest BCUT2D eigenvalue weighted by Crippen LogP contribution is 2.21. The molecule has 0 atom stereocenters. The third-order valence-corrected chi connectivity index (χ3v) is 3.29. The van der Waals surface area contributed by atoms with Crippen LogP contribution in [0.15, 0.2) is 48.5 Å². The Bertz CT molecular complexity index is 686. The Morgan fingerprint density at radius 3 is 2.41 bits per heavy atom. The highest BCUT2D eigenvalue weighted by atomic mass is 19.1. The van der Waals surface area contributed by atoms with Crippen molar-refractivity contribution in [3.8, 4) is 0 Å². The first-order valence-electron chi connectivity index (χ1n) is 6.81. The van der Waals surface area contributed by atoms with Crippen molar-refractivity contribution in [2.45, 2.75) is 13.3 Å². The summed E-state index contributed by atoms with van der Waals surface area (Å²) in [5.74, 6) is -0.658. The maximum atomic E-state index is 13.0. The Kier molecular flexibility index (Phi) is 4.83. The van der Waals surface area contributed by atoms with Crippen LogP contribution in [0, 0.1) is 15.9 Å². The minimum Gasteiger partial charge on any atom is -0.312 e. The van der Waals surface area contributed by atoms with Crippen molar-refractivity contribution < 1.29 is 14.1 Å². The molecular weight excluding hydrogens is 287 g/mol. The maximum absolute atomic E-state index is 13.0. The molecule has 0 bridgehead atoms. The highest BCUT2D eigenvalue weighted by Gasteiger charge is 2.19. The zero-order chi connectivity index (χ0) is 16.1. The van der Waals surface area contributed by atoms with Gasteiger partial charge in [-0.25, -0.2) is 4.39 Å². The summed E-state index contributed by atoms with van der Waals surface area (Å²) < 4.78 is 13.0. The van der Waals surface area contributed by atoms with Gasteiger partial charge in [-0.15, -0.1) is 0 Å². The number of anilines is 1. The van der Waals surface area contributed by atoms with Crippen LogP contribution in [0.2, 0.25) is 0 Å². The molecule has 0 fully saturated rings. The number of hydrogen-bond donors (Lipinski definition) is 0. The number of rotatable bonds is 5. The van der Waals surface area contributed by atoms with E-state index in [1.165, 1.54) is 35.2 Å². The highest BCUT2D eigenvalue weighted by molar-refractivity contribution is 5.95. The molecule has 2 aromatic rings. The molecule has 0 heterocycles. The van der Waals surface area contributed by atoms with Gasteiger partial charge in [0.25, 0.3) is 5.69 Å². The van der Waals surface area contributed by atoms with Crippen LogP contribution in [0.4, 0.5) is 15.8 Å². The molecule has 114 valence electrons. The fraction of sp³-hybridized carbons (Fsp3) is 0.188. The lowest BCUT2D eigenvalue weighted by Crippen LogP contribution is -2.32. The minimum atomic E-state index is -0.503. The van der Waals surface area contributed by atoms with E-state index in [1.807, 2.05) is 0 Å². The lowest BCUT2D eigenvalue weighted by atomic mass is 10.1. The summed E-state index contributed by atoms with van der Waals surface area (Å²) in [5.41, 5.74) is 0.844. The SMILES string of the molecule is CCN(C(=O)Cc1ccccc1[N+](=O)[O-])c1ccc(F)cc1. The standard InChI is InChI=1S/C16H15FN2O3/c1-2-18(14-9-7-13(17)8-10-14)16(20)11-12-5-3-4-6-15(12)19(21)22/h3-10H,2,11H2,1H3. The van der Waals surface area contributed by atoms with Crippen molar-refractivity contribution in [2.75, 3.05) is 11.4 Å². The number of carbonyl (C=O) groups excluding carboxylic acids is 1. The van der Waals surface area contributed by atoms with Gasteiger partial charge in [-0.05, 0) is 31.2 Å². The van der Waals surface area contributed by atoms with E-state index >= 15 is 0 Å². The summed E-state index contributed by atoms with van der Waals surface area (Å²) in [7, 11) is 0. The normalized spacial score (nSPS) is 10.3. The fourth-order valence-electron chi connectivity index (χ4n) is 2.22. The minimum absolute atomic E-state index is 0.0778. The number of benzene rings is 2. The van der Waals surface area contributed by atoms with Gasteiger partial charge in [-0.1, -0.05) is 18.2 Å².